The van der Waals surface area contributed by atoms with Crippen LogP contribution in [0.25, 0.3) is 21.6 Å². The highest BCUT2D eigenvalue weighted by molar-refractivity contribution is 7.19. The van der Waals surface area contributed by atoms with Crippen molar-refractivity contribution in [3.63, 3.8) is 0 Å². The molecular formula is C17H18N4OS. The lowest BCUT2D eigenvalue weighted by atomic mass is 10.2. The SMILES string of the molecule is OCCCNc1nc(-c2cccnc2)nc2sc3c(c12)CCC3. The van der Waals surface area contributed by atoms with Crippen molar-refractivity contribution in [1.29, 1.82) is 0 Å². The fraction of sp³-hybridized carbons (Fsp3) is 0.353. The molecule has 1 aliphatic carbocycles. The van der Waals surface area contributed by atoms with Crippen LogP contribution in [-0.4, -0.2) is 33.2 Å². The number of nitrogens with one attached hydrogen (secondary N) is 1. The van der Waals surface area contributed by atoms with Gasteiger partial charge in [-0.15, -0.1) is 11.3 Å². The van der Waals surface area contributed by atoms with E-state index in [0.29, 0.717) is 18.8 Å². The monoisotopic (exact) mass is 326 g/mol. The number of hydrogen-bond donors (Lipinski definition) is 2. The third kappa shape index (κ3) is 2.68. The van der Waals surface area contributed by atoms with Crippen LogP contribution in [0.4, 0.5) is 5.82 Å². The van der Waals surface area contributed by atoms with Crippen molar-refractivity contribution < 1.29 is 5.11 Å². The molecule has 3 aromatic heterocycles. The highest BCUT2D eigenvalue weighted by Crippen LogP contribution is 2.40. The van der Waals surface area contributed by atoms with Crippen LogP contribution in [0.3, 0.4) is 0 Å². The number of rotatable bonds is 5. The van der Waals surface area contributed by atoms with Crippen LogP contribution >= 0.6 is 11.3 Å². The molecule has 0 atom stereocenters. The minimum atomic E-state index is 0.179. The second kappa shape index (κ2) is 6.22. The third-order valence-electron chi connectivity index (χ3n) is 4.11. The predicted molar refractivity (Wildman–Crippen MR) is 92.9 cm³/mol. The Bertz CT molecular complexity index is 831. The molecule has 0 saturated carbocycles. The number of aromatic nitrogens is 3. The van der Waals surface area contributed by atoms with Crippen LogP contribution in [0, 0.1) is 0 Å². The minimum absolute atomic E-state index is 0.179. The van der Waals surface area contributed by atoms with E-state index in [-0.39, 0.29) is 6.61 Å². The highest BCUT2D eigenvalue weighted by atomic mass is 32.1. The van der Waals surface area contributed by atoms with Crippen LogP contribution < -0.4 is 5.32 Å². The average Bonchev–Trinajstić information content (AvgIpc) is 3.16. The first-order valence-electron chi connectivity index (χ1n) is 7.94. The summed E-state index contributed by atoms with van der Waals surface area (Å²) in [7, 11) is 0. The standard InChI is InChI=1S/C17H18N4OS/c22-9-3-8-19-16-14-12-5-1-6-13(12)23-17(14)21-15(20-16)11-4-2-7-18-10-11/h2,4,7,10,22H,1,3,5-6,8-9H2,(H,19,20,21). The van der Waals surface area contributed by atoms with E-state index in [1.165, 1.54) is 22.2 Å². The lowest BCUT2D eigenvalue weighted by Crippen LogP contribution is -2.07. The molecule has 23 heavy (non-hydrogen) atoms. The summed E-state index contributed by atoms with van der Waals surface area (Å²) in [6, 6.07) is 3.88. The Morgan fingerprint density at radius 1 is 1.26 bits per heavy atom. The molecule has 0 aromatic carbocycles. The number of pyridine rings is 1. The van der Waals surface area contributed by atoms with Gasteiger partial charge in [0.1, 0.15) is 10.6 Å². The number of fused-ring (bicyclic) bond motifs is 3. The van der Waals surface area contributed by atoms with Crippen LogP contribution in [0.2, 0.25) is 0 Å². The number of hydrogen-bond acceptors (Lipinski definition) is 6. The lowest BCUT2D eigenvalue weighted by Gasteiger charge is -2.09. The molecule has 0 amide bonds. The molecule has 4 rings (SSSR count). The van der Waals surface area contributed by atoms with Gasteiger partial charge in [-0.3, -0.25) is 4.98 Å². The quantitative estimate of drug-likeness (QED) is 0.705. The van der Waals surface area contributed by atoms with Gasteiger partial charge in [-0.05, 0) is 43.4 Å². The maximum absolute atomic E-state index is 9.03. The van der Waals surface area contributed by atoms with Crippen molar-refractivity contribution in [2.45, 2.75) is 25.7 Å². The van der Waals surface area contributed by atoms with Gasteiger partial charge in [0.15, 0.2) is 5.82 Å². The van der Waals surface area contributed by atoms with Gasteiger partial charge in [-0.1, -0.05) is 0 Å². The lowest BCUT2D eigenvalue weighted by molar-refractivity contribution is 0.292. The summed E-state index contributed by atoms with van der Waals surface area (Å²) in [5.41, 5.74) is 2.34. The molecule has 0 bridgehead atoms. The van der Waals surface area contributed by atoms with Crippen molar-refractivity contribution in [2.24, 2.45) is 0 Å². The van der Waals surface area contributed by atoms with Crippen molar-refractivity contribution in [2.75, 3.05) is 18.5 Å². The van der Waals surface area contributed by atoms with Crippen molar-refractivity contribution in [1.82, 2.24) is 15.0 Å². The molecule has 2 N–H and O–H groups in total. The van der Waals surface area contributed by atoms with E-state index in [1.54, 1.807) is 23.7 Å². The summed E-state index contributed by atoms with van der Waals surface area (Å²) in [5.74, 6) is 1.60. The largest absolute Gasteiger partial charge is 0.396 e. The molecule has 6 heteroatoms. The third-order valence-corrected chi connectivity index (χ3v) is 5.30. The minimum Gasteiger partial charge on any atom is -0.396 e. The van der Waals surface area contributed by atoms with Crippen LogP contribution in [0.5, 0.6) is 0 Å². The van der Waals surface area contributed by atoms with Gasteiger partial charge in [0.25, 0.3) is 0 Å². The summed E-state index contributed by atoms with van der Waals surface area (Å²) in [4.78, 5) is 16.2. The fourth-order valence-corrected chi connectivity index (χ4v) is 4.29. The zero-order chi connectivity index (χ0) is 15.6. The summed E-state index contributed by atoms with van der Waals surface area (Å²) in [6.45, 7) is 0.887. The molecule has 3 heterocycles. The van der Waals surface area contributed by atoms with Gasteiger partial charge in [0.05, 0.1) is 5.39 Å². The normalized spacial score (nSPS) is 13.4. The molecule has 0 radical (unpaired) electrons. The Hall–Kier alpha value is -2.05. The van der Waals surface area contributed by atoms with Gasteiger partial charge in [0, 0.05) is 36.0 Å². The van der Waals surface area contributed by atoms with Crippen molar-refractivity contribution >= 4 is 27.4 Å². The van der Waals surface area contributed by atoms with Crippen LogP contribution in [0.1, 0.15) is 23.3 Å². The Morgan fingerprint density at radius 3 is 3.04 bits per heavy atom. The van der Waals surface area contributed by atoms with E-state index in [1.807, 2.05) is 12.1 Å². The molecule has 0 fully saturated rings. The number of aliphatic hydroxyl groups is 1. The van der Waals surface area contributed by atoms with E-state index in [9.17, 15) is 0 Å². The molecule has 0 aliphatic heterocycles. The van der Waals surface area contributed by atoms with Crippen LogP contribution in [-0.2, 0) is 12.8 Å². The molecule has 3 aromatic rings. The Morgan fingerprint density at radius 2 is 2.22 bits per heavy atom. The average molecular weight is 326 g/mol. The zero-order valence-corrected chi connectivity index (χ0v) is 13.6. The second-order valence-corrected chi connectivity index (χ2v) is 6.76. The van der Waals surface area contributed by atoms with Crippen molar-refractivity contribution in [3.05, 3.63) is 35.0 Å². The topological polar surface area (TPSA) is 70.9 Å². The molecule has 0 spiro atoms. The number of aliphatic hydroxyl groups excluding tert-OH is 1. The number of aryl methyl sites for hydroxylation is 2. The first-order chi connectivity index (χ1) is 11.4. The van der Waals surface area contributed by atoms with E-state index < -0.39 is 0 Å². The molecule has 118 valence electrons. The zero-order valence-electron chi connectivity index (χ0n) is 12.7. The first-order valence-corrected chi connectivity index (χ1v) is 8.76. The molecule has 1 aliphatic rings. The van der Waals surface area contributed by atoms with Gasteiger partial charge in [-0.2, -0.15) is 0 Å². The summed E-state index contributed by atoms with van der Waals surface area (Å²) in [6.07, 6.45) is 7.73. The Labute approximate surface area is 138 Å². The molecule has 0 unspecified atom stereocenters. The van der Waals surface area contributed by atoms with E-state index in [0.717, 1.165) is 29.1 Å². The van der Waals surface area contributed by atoms with E-state index >= 15 is 0 Å². The van der Waals surface area contributed by atoms with Gasteiger partial charge in [0.2, 0.25) is 0 Å². The molecular weight excluding hydrogens is 308 g/mol. The fourth-order valence-electron chi connectivity index (χ4n) is 3.03. The Balaban J connectivity index is 1.84. The predicted octanol–water partition coefficient (Wildman–Crippen LogP) is 3.04. The van der Waals surface area contributed by atoms with Crippen molar-refractivity contribution in [3.8, 4) is 11.4 Å². The highest BCUT2D eigenvalue weighted by Gasteiger charge is 2.22. The van der Waals surface area contributed by atoms with E-state index in [2.05, 4.69) is 10.3 Å². The van der Waals surface area contributed by atoms with Gasteiger partial charge < -0.3 is 10.4 Å². The Kier molecular flexibility index (Phi) is 3.93. The van der Waals surface area contributed by atoms with E-state index in [4.69, 9.17) is 15.1 Å². The number of nitrogens with zero attached hydrogens (tertiary/aromatic N) is 3. The summed E-state index contributed by atoms with van der Waals surface area (Å²) < 4.78 is 0. The summed E-state index contributed by atoms with van der Waals surface area (Å²) in [5, 5.41) is 13.6. The molecule has 0 saturated heterocycles. The number of thiophene rings is 1. The maximum atomic E-state index is 9.03. The first kappa shape index (κ1) is 14.5. The van der Waals surface area contributed by atoms with Gasteiger partial charge in [-0.25, -0.2) is 9.97 Å². The van der Waals surface area contributed by atoms with Crippen LogP contribution in [0.15, 0.2) is 24.5 Å². The maximum Gasteiger partial charge on any atom is 0.164 e. The molecule has 5 nitrogen and oxygen atoms in total. The number of anilines is 1. The summed E-state index contributed by atoms with van der Waals surface area (Å²) >= 11 is 1.79. The smallest absolute Gasteiger partial charge is 0.164 e. The second-order valence-electron chi connectivity index (χ2n) is 5.68. The van der Waals surface area contributed by atoms with Gasteiger partial charge >= 0.3 is 0 Å².